The van der Waals surface area contributed by atoms with Crippen LogP contribution in [0.25, 0.3) is 10.8 Å². The second-order valence-corrected chi connectivity index (χ2v) is 8.22. The lowest BCUT2D eigenvalue weighted by Gasteiger charge is -2.30. The average Bonchev–Trinajstić information content (AvgIpc) is 2.78. The third kappa shape index (κ3) is 4.54. The fourth-order valence-electron chi connectivity index (χ4n) is 4.30. The van der Waals surface area contributed by atoms with Crippen molar-refractivity contribution in [3.63, 3.8) is 0 Å². The molecule has 1 saturated heterocycles. The van der Waals surface area contributed by atoms with Crippen LogP contribution in [0.4, 0.5) is 8.78 Å². The third-order valence-electron chi connectivity index (χ3n) is 5.73. The molecule has 2 atom stereocenters. The Bertz CT molecular complexity index is 1060. The molecule has 3 nitrogen and oxygen atoms in total. The minimum absolute atomic E-state index is 0.0143. The van der Waals surface area contributed by atoms with E-state index >= 15 is 0 Å². The Labute approximate surface area is 185 Å². The Morgan fingerprint density at radius 1 is 1.10 bits per heavy atom. The maximum absolute atomic E-state index is 14.4. The second-order valence-electron chi connectivity index (χ2n) is 7.84. The van der Waals surface area contributed by atoms with E-state index in [1.807, 2.05) is 30.3 Å². The highest BCUT2D eigenvalue weighted by Gasteiger charge is 2.26. The van der Waals surface area contributed by atoms with Crippen molar-refractivity contribution in [1.29, 1.82) is 0 Å². The highest BCUT2D eigenvalue weighted by Crippen LogP contribution is 2.40. The SMILES string of the molecule is CCOc1c(F)cc(Cc2cc(C3CCCC(CO)O3)c3ccccc3c2Cl)cc1F. The molecule has 1 aliphatic rings. The summed E-state index contributed by atoms with van der Waals surface area (Å²) in [5.41, 5.74) is 2.23. The van der Waals surface area contributed by atoms with Crippen LogP contribution in [0.5, 0.6) is 5.75 Å². The predicted molar refractivity (Wildman–Crippen MR) is 118 cm³/mol. The Morgan fingerprint density at radius 3 is 2.48 bits per heavy atom. The fourth-order valence-corrected chi connectivity index (χ4v) is 4.59. The quantitative estimate of drug-likeness (QED) is 0.478. The summed E-state index contributed by atoms with van der Waals surface area (Å²) in [6.07, 6.45) is 2.54. The topological polar surface area (TPSA) is 38.7 Å². The average molecular weight is 447 g/mol. The van der Waals surface area contributed by atoms with Crippen molar-refractivity contribution in [2.75, 3.05) is 13.2 Å². The molecule has 0 aliphatic carbocycles. The van der Waals surface area contributed by atoms with Crippen molar-refractivity contribution in [2.24, 2.45) is 0 Å². The monoisotopic (exact) mass is 446 g/mol. The molecule has 6 heteroatoms. The van der Waals surface area contributed by atoms with Gasteiger partial charge in [0, 0.05) is 5.39 Å². The first-order valence-corrected chi connectivity index (χ1v) is 11.0. The van der Waals surface area contributed by atoms with Crippen LogP contribution in [0.1, 0.15) is 49.0 Å². The summed E-state index contributed by atoms with van der Waals surface area (Å²) in [4.78, 5) is 0. The zero-order chi connectivity index (χ0) is 22.0. The van der Waals surface area contributed by atoms with Gasteiger partial charge in [-0.25, -0.2) is 8.78 Å². The molecule has 0 saturated carbocycles. The Kier molecular flexibility index (Phi) is 6.75. The van der Waals surface area contributed by atoms with Gasteiger partial charge in [0.15, 0.2) is 17.4 Å². The van der Waals surface area contributed by atoms with Crippen molar-refractivity contribution in [3.05, 3.63) is 75.8 Å². The Balaban J connectivity index is 1.76. The fraction of sp³-hybridized carbons (Fsp3) is 0.360. The van der Waals surface area contributed by atoms with Crippen LogP contribution in [0, 0.1) is 11.6 Å². The number of rotatable bonds is 6. The van der Waals surface area contributed by atoms with Gasteiger partial charge in [-0.05, 0) is 66.8 Å². The molecule has 0 bridgehead atoms. The molecular formula is C25H25ClF2O3. The van der Waals surface area contributed by atoms with Crippen molar-refractivity contribution in [2.45, 2.75) is 44.8 Å². The number of aliphatic hydroxyl groups excluding tert-OH is 1. The molecule has 0 spiro atoms. The smallest absolute Gasteiger partial charge is 0.190 e. The van der Waals surface area contributed by atoms with Gasteiger partial charge in [0.25, 0.3) is 0 Å². The minimum atomic E-state index is -0.726. The molecule has 31 heavy (non-hydrogen) atoms. The third-order valence-corrected chi connectivity index (χ3v) is 6.17. The predicted octanol–water partition coefficient (Wildman–Crippen LogP) is 6.36. The number of benzene rings is 3. The van der Waals surface area contributed by atoms with Gasteiger partial charge >= 0.3 is 0 Å². The van der Waals surface area contributed by atoms with Gasteiger partial charge in [0.1, 0.15) is 0 Å². The summed E-state index contributed by atoms with van der Waals surface area (Å²) in [5.74, 6) is -1.81. The van der Waals surface area contributed by atoms with E-state index in [4.69, 9.17) is 21.1 Å². The molecule has 3 aromatic carbocycles. The number of hydrogen-bond donors (Lipinski definition) is 1. The van der Waals surface area contributed by atoms with Crippen molar-refractivity contribution in [1.82, 2.24) is 0 Å². The zero-order valence-electron chi connectivity index (χ0n) is 17.3. The van der Waals surface area contributed by atoms with Gasteiger partial charge in [0.05, 0.1) is 30.4 Å². The summed E-state index contributed by atoms with van der Waals surface area (Å²) >= 11 is 6.73. The van der Waals surface area contributed by atoms with Gasteiger partial charge in [0.2, 0.25) is 0 Å². The summed E-state index contributed by atoms with van der Waals surface area (Å²) in [6.45, 7) is 1.85. The van der Waals surface area contributed by atoms with Crippen molar-refractivity contribution in [3.8, 4) is 5.75 Å². The van der Waals surface area contributed by atoms with Gasteiger partial charge in [-0.1, -0.05) is 41.9 Å². The van der Waals surface area contributed by atoms with E-state index in [2.05, 4.69) is 0 Å². The lowest BCUT2D eigenvalue weighted by atomic mass is 9.91. The van der Waals surface area contributed by atoms with E-state index in [0.29, 0.717) is 10.6 Å². The molecule has 164 valence electrons. The van der Waals surface area contributed by atoms with Crippen molar-refractivity contribution < 1.29 is 23.4 Å². The maximum Gasteiger partial charge on any atom is 0.190 e. The Hall–Kier alpha value is -2.21. The summed E-state index contributed by atoms with van der Waals surface area (Å²) in [7, 11) is 0. The molecule has 1 aliphatic heterocycles. The highest BCUT2D eigenvalue weighted by atomic mass is 35.5. The van der Waals surface area contributed by atoms with E-state index in [0.717, 1.165) is 41.2 Å². The summed E-state index contributed by atoms with van der Waals surface area (Å²) < 4.78 is 39.9. The first kappa shape index (κ1) is 22.0. The van der Waals surface area contributed by atoms with Crippen LogP contribution in [-0.4, -0.2) is 24.4 Å². The van der Waals surface area contributed by atoms with Crippen LogP contribution in [0.15, 0.2) is 42.5 Å². The van der Waals surface area contributed by atoms with Crippen LogP contribution in [0.3, 0.4) is 0 Å². The van der Waals surface area contributed by atoms with Crippen molar-refractivity contribution >= 4 is 22.4 Å². The number of hydrogen-bond acceptors (Lipinski definition) is 3. The molecule has 0 aromatic heterocycles. The number of ether oxygens (including phenoxy) is 2. The normalized spacial score (nSPS) is 19.0. The molecule has 3 aromatic rings. The molecule has 4 rings (SSSR count). The minimum Gasteiger partial charge on any atom is -0.488 e. The molecule has 1 fully saturated rings. The standard InChI is InChI=1S/C25H25ClF2O3/c1-2-30-25-21(27)11-15(12-22(25)28)10-16-13-20(23-9-5-6-17(14-29)31-23)18-7-3-4-8-19(18)24(16)26/h3-4,7-8,11-13,17,23,29H,2,5-6,9-10,14H2,1H3. The zero-order valence-corrected chi connectivity index (χ0v) is 18.1. The van der Waals surface area contributed by atoms with E-state index in [1.165, 1.54) is 12.1 Å². The molecule has 0 amide bonds. The van der Waals surface area contributed by atoms with E-state index in [9.17, 15) is 13.9 Å². The largest absolute Gasteiger partial charge is 0.488 e. The van der Waals surface area contributed by atoms with E-state index < -0.39 is 11.6 Å². The van der Waals surface area contributed by atoms with E-state index in [1.54, 1.807) is 6.92 Å². The second kappa shape index (κ2) is 9.51. The number of aliphatic hydroxyl groups is 1. The van der Waals surface area contributed by atoms with Gasteiger partial charge in [-0.2, -0.15) is 0 Å². The first-order chi connectivity index (χ1) is 15.0. The summed E-state index contributed by atoms with van der Waals surface area (Å²) in [6, 6.07) is 12.4. The molecule has 1 heterocycles. The van der Waals surface area contributed by atoms with Crippen LogP contribution in [0.2, 0.25) is 5.02 Å². The maximum atomic E-state index is 14.4. The van der Waals surface area contributed by atoms with Crippen LogP contribution < -0.4 is 4.74 Å². The summed E-state index contributed by atoms with van der Waals surface area (Å²) in [5, 5.41) is 12.0. The van der Waals surface area contributed by atoms with Crippen LogP contribution in [-0.2, 0) is 11.2 Å². The lowest BCUT2D eigenvalue weighted by molar-refractivity contribution is -0.0731. The van der Waals surface area contributed by atoms with E-state index in [-0.39, 0.29) is 37.6 Å². The lowest BCUT2D eigenvalue weighted by Crippen LogP contribution is -2.25. The highest BCUT2D eigenvalue weighted by molar-refractivity contribution is 6.36. The van der Waals surface area contributed by atoms with Crippen LogP contribution >= 0.6 is 11.6 Å². The van der Waals surface area contributed by atoms with Gasteiger partial charge < -0.3 is 14.6 Å². The first-order valence-electron chi connectivity index (χ1n) is 10.6. The molecule has 1 N–H and O–H groups in total. The molecule has 0 radical (unpaired) electrons. The number of fused-ring (bicyclic) bond motifs is 1. The van der Waals surface area contributed by atoms with Gasteiger partial charge in [-0.15, -0.1) is 0 Å². The van der Waals surface area contributed by atoms with Gasteiger partial charge in [-0.3, -0.25) is 0 Å². The molecular weight excluding hydrogens is 422 g/mol. The Morgan fingerprint density at radius 2 is 1.81 bits per heavy atom. The number of halogens is 3. The molecule has 2 unspecified atom stereocenters.